The zero-order chi connectivity index (χ0) is 17.4. The minimum Gasteiger partial charge on any atom is -0.375 e. The summed E-state index contributed by atoms with van der Waals surface area (Å²) in [4.78, 5) is 4.54. The Bertz CT molecular complexity index is 921. The topological polar surface area (TPSA) is 52.0 Å². The molecule has 4 rings (SSSR count). The van der Waals surface area contributed by atoms with Gasteiger partial charge in [-0.2, -0.15) is 5.10 Å². The number of fused-ring (bicyclic) bond motifs is 2. The second-order valence-corrected chi connectivity index (χ2v) is 7.47. The second-order valence-electron chi connectivity index (χ2n) is 6.37. The van der Waals surface area contributed by atoms with Crippen molar-refractivity contribution in [2.45, 2.75) is 26.5 Å². The first-order chi connectivity index (χ1) is 12.2. The van der Waals surface area contributed by atoms with Gasteiger partial charge in [0.25, 0.3) is 0 Å². The summed E-state index contributed by atoms with van der Waals surface area (Å²) in [7, 11) is 1.98. The molecule has 5 nitrogen and oxygen atoms in total. The Kier molecular flexibility index (Phi) is 4.50. The molecule has 3 heterocycles. The van der Waals surface area contributed by atoms with E-state index >= 15 is 0 Å². The van der Waals surface area contributed by atoms with E-state index in [2.05, 4.69) is 40.8 Å². The molecule has 1 aliphatic rings. The second kappa shape index (κ2) is 6.78. The first-order valence-corrected chi connectivity index (χ1v) is 9.52. The molecule has 1 atom stereocenters. The molecule has 6 heteroatoms. The molecule has 0 aliphatic carbocycles. The molecule has 130 valence electrons. The highest BCUT2D eigenvalue weighted by molar-refractivity contribution is 7.97. The number of pyridine rings is 1. The Morgan fingerprint density at radius 1 is 1.28 bits per heavy atom. The van der Waals surface area contributed by atoms with Gasteiger partial charge in [-0.3, -0.25) is 14.4 Å². The van der Waals surface area contributed by atoms with Crippen LogP contribution in [-0.2, 0) is 18.4 Å². The maximum Gasteiger partial charge on any atom is 0.0728 e. The lowest BCUT2D eigenvalue weighted by Crippen LogP contribution is -2.26. The maximum atomic E-state index is 5.88. The lowest BCUT2D eigenvalue weighted by Gasteiger charge is -2.27. The van der Waals surface area contributed by atoms with Crippen LogP contribution in [0.3, 0.4) is 0 Å². The molecule has 3 aromatic rings. The van der Waals surface area contributed by atoms with Gasteiger partial charge in [-0.25, -0.2) is 0 Å². The molecule has 0 amide bonds. The van der Waals surface area contributed by atoms with E-state index < -0.39 is 0 Å². The van der Waals surface area contributed by atoms with E-state index in [9.17, 15) is 0 Å². The van der Waals surface area contributed by atoms with Crippen LogP contribution in [0.5, 0.6) is 0 Å². The fraction of sp³-hybridized carbons (Fsp3) is 0.368. The Morgan fingerprint density at radius 2 is 2.16 bits per heavy atom. The number of hydrogen-bond acceptors (Lipinski definition) is 5. The number of nitrogens with one attached hydrogen (secondary N) is 1. The van der Waals surface area contributed by atoms with Crippen LogP contribution >= 0.6 is 11.9 Å². The first-order valence-electron chi connectivity index (χ1n) is 8.53. The summed E-state index contributed by atoms with van der Waals surface area (Å²) < 4.78 is 11.3. The minimum atomic E-state index is 0.182. The van der Waals surface area contributed by atoms with Gasteiger partial charge in [-0.15, -0.1) is 0 Å². The van der Waals surface area contributed by atoms with E-state index in [0.717, 1.165) is 22.2 Å². The van der Waals surface area contributed by atoms with Gasteiger partial charge in [0.1, 0.15) is 0 Å². The van der Waals surface area contributed by atoms with Gasteiger partial charge in [0.05, 0.1) is 31.0 Å². The highest BCUT2D eigenvalue weighted by Crippen LogP contribution is 2.36. The van der Waals surface area contributed by atoms with Crippen LogP contribution in [0.4, 0.5) is 0 Å². The van der Waals surface area contributed by atoms with Gasteiger partial charge in [-0.1, -0.05) is 18.9 Å². The van der Waals surface area contributed by atoms with Crippen molar-refractivity contribution in [1.82, 2.24) is 19.5 Å². The molecule has 0 fully saturated rings. The smallest absolute Gasteiger partial charge is 0.0728 e. The third-order valence-corrected chi connectivity index (χ3v) is 5.49. The number of aryl methyl sites for hydroxylation is 2. The van der Waals surface area contributed by atoms with E-state index in [1.54, 1.807) is 11.9 Å². The monoisotopic (exact) mass is 354 g/mol. The van der Waals surface area contributed by atoms with Gasteiger partial charge in [0.2, 0.25) is 0 Å². The molecular formula is C19H22N4OS. The third kappa shape index (κ3) is 2.94. The quantitative estimate of drug-likeness (QED) is 0.723. The molecule has 0 bridgehead atoms. The van der Waals surface area contributed by atoms with E-state index in [1.165, 1.54) is 22.3 Å². The number of benzene rings is 1. The summed E-state index contributed by atoms with van der Waals surface area (Å²) in [6.07, 6.45) is 5.85. The largest absolute Gasteiger partial charge is 0.375 e. The SMILES string of the molecule is CCSNC1COCc2c(-c3cc4c(cnn4C)cc3C)cncc21. The molecule has 0 radical (unpaired) electrons. The van der Waals surface area contributed by atoms with E-state index in [4.69, 9.17) is 4.74 Å². The lowest BCUT2D eigenvalue weighted by atomic mass is 9.91. The Balaban J connectivity index is 1.84. The summed E-state index contributed by atoms with van der Waals surface area (Å²) in [5.74, 6) is 1.02. The molecule has 1 N–H and O–H groups in total. The normalized spacial score (nSPS) is 17.0. The number of ether oxygens (including phenoxy) is 1. The van der Waals surface area contributed by atoms with Crippen LogP contribution in [0, 0.1) is 6.92 Å². The number of rotatable bonds is 4. The zero-order valence-corrected chi connectivity index (χ0v) is 15.6. The molecule has 0 saturated carbocycles. The van der Waals surface area contributed by atoms with Crippen molar-refractivity contribution in [2.75, 3.05) is 12.4 Å². The predicted molar refractivity (Wildman–Crippen MR) is 102 cm³/mol. The van der Waals surface area contributed by atoms with Gasteiger partial charge in [0.15, 0.2) is 0 Å². The van der Waals surface area contributed by atoms with Crippen LogP contribution < -0.4 is 4.72 Å². The number of nitrogens with zero attached hydrogens (tertiary/aromatic N) is 3. The van der Waals surface area contributed by atoms with Crippen molar-refractivity contribution in [3.63, 3.8) is 0 Å². The Morgan fingerprint density at radius 3 is 3.00 bits per heavy atom. The van der Waals surface area contributed by atoms with Crippen molar-refractivity contribution in [2.24, 2.45) is 7.05 Å². The Hall–Kier alpha value is -1.89. The molecule has 0 saturated heterocycles. The third-order valence-electron chi connectivity index (χ3n) is 4.75. The highest BCUT2D eigenvalue weighted by atomic mass is 32.2. The molecule has 0 spiro atoms. The molecule has 25 heavy (non-hydrogen) atoms. The van der Waals surface area contributed by atoms with Crippen molar-refractivity contribution in [1.29, 1.82) is 0 Å². The molecule has 1 aliphatic heterocycles. The van der Waals surface area contributed by atoms with Crippen molar-refractivity contribution in [3.8, 4) is 11.1 Å². The maximum absolute atomic E-state index is 5.88. The Labute approximate surface area is 151 Å². The van der Waals surface area contributed by atoms with E-state index in [1.807, 2.05) is 30.3 Å². The number of aromatic nitrogens is 3. The predicted octanol–water partition coefficient (Wildman–Crippen LogP) is 3.77. The standard InChI is InChI=1S/C19H22N4OS/c1-4-25-22-18-11-24-10-17-15(8-20-9-16(17)18)14-6-19-13(5-12(14)2)7-21-23(19)3/h5-9,18,22H,4,10-11H2,1-3H3. The van der Waals surface area contributed by atoms with Gasteiger partial charge >= 0.3 is 0 Å². The minimum absolute atomic E-state index is 0.182. The average Bonchev–Trinajstić information content (AvgIpc) is 2.98. The van der Waals surface area contributed by atoms with Crippen LogP contribution in [0.1, 0.15) is 29.7 Å². The lowest BCUT2D eigenvalue weighted by molar-refractivity contribution is 0.0892. The molecule has 1 unspecified atom stereocenters. The molecule has 1 aromatic carbocycles. The number of hydrogen-bond donors (Lipinski definition) is 1. The summed E-state index contributed by atoms with van der Waals surface area (Å²) in [5.41, 5.74) is 7.20. The van der Waals surface area contributed by atoms with Gasteiger partial charge < -0.3 is 4.74 Å². The zero-order valence-electron chi connectivity index (χ0n) is 14.7. The van der Waals surface area contributed by atoms with Crippen molar-refractivity contribution < 1.29 is 4.74 Å². The first kappa shape index (κ1) is 16.6. The molecule has 2 aromatic heterocycles. The summed E-state index contributed by atoms with van der Waals surface area (Å²) in [6.45, 7) is 5.60. The summed E-state index contributed by atoms with van der Waals surface area (Å²) in [6, 6.07) is 4.60. The van der Waals surface area contributed by atoms with Crippen LogP contribution in [0.15, 0.2) is 30.7 Å². The summed E-state index contributed by atoms with van der Waals surface area (Å²) >= 11 is 1.72. The fourth-order valence-corrected chi connectivity index (χ4v) is 4.01. The van der Waals surface area contributed by atoms with E-state index in [0.29, 0.717) is 13.2 Å². The van der Waals surface area contributed by atoms with Gasteiger partial charge in [0, 0.05) is 36.1 Å². The van der Waals surface area contributed by atoms with Crippen LogP contribution in [0.2, 0.25) is 0 Å². The molecular weight excluding hydrogens is 332 g/mol. The van der Waals surface area contributed by atoms with Crippen LogP contribution in [-0.4, -0.2) is 27.1 Å². The van der Waals surface area contributed by atoms with E-state index in [-0.39, 0.29) is 6.04 Å². The summed E-state index contributed by atoms with van der Waals surface area (Å²) in [5, 5.41) is 5.53. The van der Waals surface area contributed by atoms with Crippen molar-refractivity contribution in [3.05, 3.63) is 47.4 Å². The van der Waals surface area contributed by atoms with Crippen LogP contribution in [0.25, 0.3) is 22.0 Å². The highest BCUT2D eigenvalue weighted by Gasteiger charge is 2.24. The van der Waals surface area contributed by atoms with Crippen molar-refractivity contribution >= 4 is 22.9 Å². The fourth-order valence-electron chi connectivity index (χ4n) is 3.45. The average molecular weight is 354 g/mol. The van der Waals surface area contributed by atoms with Gasteiger partial charge in [-0.05, 0) is 41.3 Å².